The molecule has 11 heavy (non-hydrogen) atoms. The summed E-state index contributed by atoms with van der Waals surface area (Å²) in [5, 5.41) is 0. The van der Waals surface area contributed by atoms with Crippen molar-refractivity contribution in [3.8, 4) is 0 Å². The Balaban J connectivity index is 2.04. The van der Waals surface area contributed by atoms with Crippen molar-refractivity contribution in [2.75, 3.05) is 0 Å². The van der Waals surface area contributed by atoms with E-state index in [4.69, 9.17) is 0 Å². The van der Waals surface area contributed by atoms with E-state index in [0.29, 0.717) is 5.41 Å². The second-order valence-electron chi connectivity index (χ2n) is 4.98. The Morgan fingerprint density at radius 1 is 1.09 bits per heavy atom. The van der Waals surface area contributed by atoms with Gasteiger partial charge >= 0.3 is 0 Å². The van der Waals surface area contributed by atoms with Gasteiger partial charge in [-0.25, -0.2) is 0 Å². The lowest BCUT2D eigenvalue weighted by Gasteiger charge is -2.29. The van der Waals surface area contributed by atoms with Crippen LogP contribution >= 0.6 is 0 Å². The summed E-state index contributed by atoms with van der Waals surface area (Å²) in [7, 11) is 0. The van der Waals surface area contributed by atoms with Gasteiger partial charge in [-0.2, -0.15) is 0 Å². The topological polar surface area (TPSA) is 0 Å². The summed E-state index contributed by atoms with van der Waals surface area (Å²) in [6.45, 7) is 4.03. The van der Waals surface area contributed by atoms with Gasteiger partial charge in [0.05, 0.1) is 0 Å². The fraction of sp³-hybridized carbons (Fsp3) is 0.818. The smallest absolute Gasteiger partial charge is 0.00872 e. The van der Waals surface area contributed by atoms with Crippen LogP contribution in [-0.4, -0.2) is 0 Å². The molecule has 0 aromatic carbocycles. The molecule has 0 aromatic rings. The molecule has 4 aliphatic carbocycles. The third-order valence-electron chi connectivity index (χ3n) is 4.46. The van der Waals surface area contributed by atoms with Crippen molar-refractivity contribution < 1.29 is 0 Å². The molecule has 0 heterocycles. The van der Waals surface area contributed by atoms with E-state index in [2.05, 4.69) is 12.7 Å². The molecule has 0 N–H and O–H groups in total. The molecule has 2 atom stereocenters. The summed E-state index contributed by atoms with van der Waals surface area (Å²) in [5.41, 5.74) is 0.633. The average molecular weight is 148 g/mol. The van der Waals surface area contributed by atoms with Gasteiger partial charge < -0.3 is 0 Å². The summed E-state index contributed by atoms with van der Waals surface area (Å²) in [6.07, 6.45) is 9.86. The van der Waals surface area contributed by atoms with Gasteiger partial charge in [0.1, 0.15) is 0 Å². The minimum atomic E-state index is 0.633. The molecule has 0 heteroatoms. The maximum atomic E-state index is 4.03. The Morgan fingerprint density at radius 2 is 1.73 bits per heavy atom. The summed E-state index contributed by atoms with van der Waals surface area (Å²) in [5.74, 6) is 3.22. The van der Waals surface area contributed by atoms with E-state index in [-0.39, 0.29) is 0 Å². The first-order valence-corrected chi connectivity index (χ1v) is 4.96. The Morgan fingerprint density at radius 3 is 2.18 bits per heavy atom. The molecular weight excluding hydrogens is 132 g/mol. The van der Waals surface area contributed by atoms with Crippen LogP contribution in [0.1, 0.15) is 32.1 Å². The van der Waals surface area contributed by atoms with Crippen LogP contribution in [0.3, 0.4) is 0 Å². The largest absolute Gasteiger partial charge is 0.103 e. The van der Waals surface area contributed by atoms with Crippen molar-refractivity contribution in [1.82, 2.24) is 0 Å². The zero-order valence-corrected chi connectivity index (χ0v) is 7.05. The van der Waals surface area contributed by atoms with Gasteiger partial charge in [0.2, 0.25) is 0 Å². The highest BCUT2D eigenvalue weighted by Gasteiger charge is 2.55. The maximum Gasteiger partial charge on any atom is -0.00872 e. The molecule has 0 amide bonds. The van der Waals surface area contributed by atoms with Crippen molar-refractivity contribution in [2.45, 2.75) is 32.1 Å². The molecule has 4 saturated carbocycles. The molecule has 4 aliphatic rings. The monoisotopic (exact) mass is 148 g/mol. The first-order chi connectivity index (χ1) is 5.32. The Kier molecular flexibility index (Phi) is 0.987. The van der Waals surface area contributed by atoms with E-state index < -0.39 is 0 Å². The molecule has 60 valence electrons. The predicted molar refractivity (Wildman–Crippen MR) is 46.2 cm³/mol. The van der Waals surface area contributed by atoms with Gasteiger partial charge in [-0.15, -0.1) is 6.58 Å². The van der Waals surface area contributed by atoms with E-state index in [1.54, 1.807) is 6.42 Å². The quantitative estimate of drug-likeness (QED) is 0.501. The Labute approximate surface area is 68.7 Å². The summed E-state index contributed by atoms with van der Waals surface area (Å²) in [4.78, 5) is 0. The van der Waals surface area contributed by atoms with Crippen LogP contribution in [-0.2, 0) is 0 Å². The van der Waals surface area contributed by atoms with Crippen LogP contribution in [0.2, 0.25) is 0 Å². The molecule has 0 nitrogen and oxygen atoms in total. The molecule has 0 aliphatic heterocycles. The average Bonchev–Trinajstić information content (AvgIpc) is 2.37. The standard InChI is InChI=1S/C11H16/c1-2-11-6-8-3-9(7-11)5-10(11)4-8/h2,8-10H,1,3-7H2. The minimum absolute atomic E-state index is 0.633. The molecule has 0 spiro atoms. The van der Waals surface area contributed by atoms with Crippen molar-refractivity contribution in [2.24, 2.45) is 23.2 Å². The third-order valence-corrected chi connectivity index (χ3v) is 4.46. The van der Waals surface area contributed by atoms with Gasteiger partial charge in [-0.1, -0.05) is 6.08 Å². The van der Waals surface area contributed by atoms with Crippen molar-refractivity contribution in [3.63, 3.8) is 0 Å². The zero-order valence-electron chi connectivity index (χ0n) is 7.05. The molecule has 0 radical (unpaired) electrons. The molecule has 4 fully saturated rings. The first-order valence-electron chi connectivity index (χ1n) is 4.96. The first kappa shape index (κ1) is 6.28. The van der Waals surface area contributed by atoms with Crippen LogP contribution in [0.4, 0.5) is 0 Å². The second kappa shape index (κ2) is 1.73. The highest BCUT2D eigenvalue weighted by Crippen LogP contribution is 2.65. The molecular formula is C11H16. The van der Waals surface area contributed by atoms with Crippen LogP contribution < -0.4 is 0 Å². The lowest BCUT2D eigenvalue weighted by atomic mass is 9.76. The SMILES string of the molecule is C=CC12CC3CC(CC1C3)C2. The lowest BCUT2D eigenvalue weighted by molar-refractivity contribution is 0.252. The van der Waals surface area contributed by atoms with E-state index in [1.165, 1.54) is 25.7 Å². The van der Waals surface area contributed by atoms with Crippen LogP contribution in [0.15, 0.2) is 12.7 Å². The van der Waals surface area contributed by atoms with Gasteiger partial charge in [-0.05, 0) is 55.3 Å². The lowest BCUT2D eigenvalue weighted by Crippen LogP contribution is -2.19. The van der Waals surface area contributed by atoms with Gasteiger partial charge in [0, 0.05) is 0 Å². The van der Waals surface area contributed by atoms with Gasteiger partial charge in [0.15, 0.2) is 0 Å². The molecule has 4 rings (SSSR count). The Bertz CT molecular complexity index is 190. The molecule has 0 aromatic heterocycles. The number of hydrogen-bond donors (Lipinski definition) is 0. The maximum absolute atomic E-state index is 4.03. The summed E-state index contributed by atoms with van der Waals surface area (Å²) in [6, 6.07) is 0. The summed E-state index contributed by atoms with van der Waals surface area (Å²) >= 11 is 0. The minimum Gasteiger partial charge on any atom is -0.103 e. The third kappa shape index (κ3) is 0.617. The van der Waals surface area contributed by atoms with Crippen LogP contribution in [0.25, 0.3) is 0 Å². The van der Waals surface area contributed by atoms with Crippen molar-refractivity contribution in [3.05, 3.63) is 12.7 Å². The zero-order chi connectivity index (χ0) is 7.47. The normalized spacial score (nSPS) is 58.7. The number of allylic oxidation sites excluding steroid dienone is 1. The van der Waals surface area contributed by atoms with E-state index in [1.807, 2.05) is 0 Å². The van der Waals surface area contributed by atoms with Crippen molar-refractivity contribution >= 4 is 0 Å². The molecule has 4 bridgehead atoms. The fourth-order valence-electron chi connectivity index (χ4n) is 4.19. The number of rotatable bonds is 1. The highest BCUT2D eigenvalue weighted by molar-refractivity contribution is 5.14. The second-order valence-corrected chi connectivity index (χ2v) is 4.98. The van der Waals surface area contributed by atoms with Crippen LogP contribution in [0, 0.1) is 23.2 Å². The molecule has 0 saturated heterocycles. The number of hydrogen-bond acceptors (Lipinski definition) is 0. The Hall–Kier alpha value is -0.260. The van der Waals surface area contributed by atoms with Gasteiger partial charge in [0.25, 0.3) is 0 Å². The van der Waals surface area contributed by atoms with E-state index in [0.717, 1.165) is 17.8 Å². The summed E-state index contributed by atoms with van der Waals surface area (Å²) < 4.78 is 0. The highest BCUT2D eigenvalue weighted by atomic mass is 14.6. The van der Waals surface area contributed by atoms with E-state index in [9.17, 15) is 0 Å². The predicted octanol–water partition coefficient (Wildman–Crippen LogP) is 3.00. The van der Waals surface area contributed by atoms with Crippen LogP contribution in [0.5, 0.6) is 0 Å². The van der Waals surface area contributed by atoms with Gasteiger partial charge in [-0.3, -0.25) is 0 Å². The van der Waals surface area contributed by atoms with E-state index >= 15 is 0 Å². The fourth-order valence-corrected chi connectivity index (χ4v) is 4.19. The molecule has 2 unspecified atom stereocenters. The van der Waals surface area contributed by atoms with Crippen molar-refractivity contribution in [1.29, 1.82) is 0 Å².